The first-order valence-corrected chi connectivity index (χ1v) is 5.49. The first-order chi connectivity index (χ1) is 7.74. The molecule has 0 radical (unpaired) electrons. The van der Waals surface area contributed by atoms with Gasteiger partial charge in [-0.3, -0.25) is 14.4 Å². The van der Waals surface area contributed by atoms with Crippen LogP contribution in [-0.2, 0) is 14.4 Å². The third kappa shape index (κ3) is 3.18. The molecular weight excluding hydrogens is 224 g/mol. The Labute approximate surface area is 100 Å². The van der Waals surface area contributed by atoms with Gasteiger partial charge in [-0.2, -0.15) is 0 Å². The van der Waals surface area contributed by atoms with Crippen LogP contribution in [0, 0.1) is 5.41 Å². The summed E-state index contributed by atoms with van der Waals surface area (Å²) in [6.07, 6.45) is -0.0840. The van der Waals surface area contributed by atoms with Gasteiger partial charge < -0.3 is 14.9 Å². The zero-order chi connectivity index (χ0) is 13.2. The van der Waals surface area contributed by atoms with Crippen LogP contribution in [0.3, 0.4) is 0 Å². The lowest BCUT2D eigenvalue weighted by molar-refractivity contribution is -0.153. The summed E-state index contributed by atoms with van der Waals surface area (Å²) in [6.45, 7) is 4.02. The van der Waals surface area contributed by atoms with E-state index in [-0.39, 0.29) is 24.8 Å². The van der Waals surface area contributed by atoms with E-state index in [1.54, 1.807) is 11.9 Å². The molecule has 0 aliphatic carbocycles. The summed E-state index contributed by atoms with van der Waals surface area (Å²) in [5, 5.41) is 8.94. The quantitative estimate of drug-likeness (QED) is 0.742. The van der Waals surface area contributed by atoms with E-state index < -0.39 is 11.4 Å². The highest BCUT2D eigenvalue weighted by Crippen LogP contribution is 2.22. The summed E-state index contributed by atoms with van der Waals surface area (Å²) in [6, 6.07) is 0. The molecule has 1 heterocycles. The Hall–Kier alpha value is -1.59. The highest BCUT2D eigenvalue weighted by molar-refractivity contribution is 5.88. The topological polar surface area (TPSA) is 77.9 Å². The molecule has 0 aromatic rings. The van der Waals surface area contributed by atoms with Crippen molar-refractivity contribution >= 4 is 17.8 Å². The second kappa shape index (κ2) is 4.73. The Morgan fingerprint density at radius 1 is 1.35 bits per heavy atom. The van der Waals surface area contributed by atoms with Gasteiger partial charge in [-0.1, -0.05) is 0 Å². The van der Waals surface area contributed by atoms with Gasteiger partial charge in [0, 0.05) is 26.6 Å². The van der Waals surface area contributed by atoms with Crippen molar-refractivity contribution in [2.75, 3.05) is 26.7 Å². The molecule has 0 aromatic carbocycles. The van der Waals surface area contributed by atoms with E-state index in [1.807, 2.05) is 0 Å². The van der Waals surface area contributed by atoms with Gasteiger partial charge in [-0.05, 0) is 13.8 Å². The molecule has 2 amide bonds. The number of carboxylic acids is 1. The van der Waals surface area contributed by atoms with E-state index in [9.17, 15) is 14.4 Å². The molecule has 0 spiro atoms. The van der Waals surface area contributed by atoms with Gasteiger partial charge in [0.2, 0.25) is 11.8 Å². The molecular formula is C11H18N2O4. The molecule has 0 aromatic heterocycles. The molecule has 6 nitrogen and oxygen atoms in total. The lowest BCUT2D eigenvalue weighted by Crippen LogP contribution is -2.51. The molecule has 1 saturated heterocycles. The number of piperazine rings is 1. The summed E-state index contributed by atoms with van der Waals surface area (Å²) < 4.78 is 0. The molecule has 1 aliphatic rings. The number of amides is 2. The van der Waals surface area contributed by atoms with Crippen LogP contribution in [0.25, 0.3) is 0 Å². The zero-order valence-electron chi connectivity index (χ0n) is 10.4. The average Bonchev–Trinajstić information content (AvgIpc) is 2.21. The van der Waals surface area contributed by atoms with Gasteiger partial charge in [0.05, 0.1) is 12.0 Å². The number of hydrogen-bond donors (Lipinski definition) is 1. The third-order valence-corrected chi connectivity index (χ3v) is 2.98. The lowest BCUT2D eigenvalue weighted by Gasteiger charge is -2.33. The van der Waals surface area contributed by atoms with Crippen LogP contribution in [0.15, 0.2) is 0 Å². The van der Waals surface area contributed by atoms with Crippen molar-refractivity contribution in [3.63, 3.8) is 0 Å². The van der Waals surface area contributed by atoms with Crippen LogP contribution in [0.1, 0.15) is 20.3 Å². The molecule has 0 atom stereocenters. The van der Waals surface area contributed by atoms with E-state index >= 15 is 0 Å². The molecule has 1 rings (SSSR count). The van der Waals surface area contributed by atoms with Crippen LogP contribution in [0.4, 0.5) is 0 Å². The maximum absolute atomic E-state index is 11.9. The summed E-state index contributed by atoms with van der Waals surface area (Å²) >= 11 is 0. The first-order valence-electron chi connectivity index (χ1n) is 5.49. The van der Waals surface area contributed by atoms with E-state index in [1.165, 1.54) is 18.7 Å². The van der Waals surface area contributed by atoms with E-state index in [4.69, 9.17) is 5.11 Å². The standard InChI is InChI=1S/C11H18N2O4/c1-11(2,10(16)17)6-8(14)13-5-4-12(3)9(15)7-13/h4-7H2,1-3H3,(H,16,17). The average molecular weight is 242 g/mol. The van der Waals surface area contributed by atoms with Gasteiger partial charge in [-0.25, -0.2) is 0 Å². The number of aliphatic carboxylic acids is 1. The van der Waals surface area contributed by atoms with E-state index in [0.717, 1.165) is 0 Å². The Morgan fingerprint density at radius 2 is 1.94 bits per heavy atom. The van der Waals surface area contributed by atoms with Crippen molar-refractivity contribution in [3.8, 4) is 0 Å². The number of rotatable bonds is 3. The summed E-state index contributed by atoms with van der Waals surface area (Å²) in [5.74, 6) is -1.40. The Kier molecular flexibility index (Phi) is 3.75. The SMILES string of the molecule is CN1CCN(C(=O)CC(C)(C)C(=O)O)CC1=O. The fourth-order valence-electron chi connectivity index (χ4n) is 1.54. The van der Waals surface area contributed by atoms with Gasteiger partial charge in [0.25, 0.3) is 0 Å². The number of hydrogen-bond acceptors (Lipinski definition) is 3. The molecule has 96 valence electrons. The van der Waals surface area contributed by atoms with Crippen LogP contribution >= 0.6 is 0 Å². The van der Waals surface area contributed by atoms with E-state index in [2.05, 4.69) is 0 Å². The second-order valence-electron chi connectivity index (χ2n) is 5.00. The smallest absolute Gasteiger partial charge is 0.309 e. The van der Waals surface area contributed by atoms with Crippen molar-refractivity contribution in [1.82, 2.24) is 9.80 Å². The predicted octanol–water partition coefficient (Wildman–Crippen LogP) is -0.212. The number of carboxylic acid groups (broad SMARTS) is 1. The maximum Gasteiger partial charge on any atom is 0.309 e. The van der Waals surface area contributed by atoms with Crippen LogP contribution in [0.5, 0.6) is 0 Å². The molecule has 6 heteroatoms. The minimum Gasteiger partial charge on any atom is -0.481 e. The van der Waals surface area contributed by atoms with Crippen molar-refractivity contribution in [2.45, 2.75) is 20.3 Å². The van der Waals surface area contributed by atoms with Gasteiger partial charge in [-0.15, -0.1) is 0 Å². The van der Waals surface area contributed by atoms with Gasteiger partial charge in [0.15, 0.2) is 0 Å². The molecule has 1 N–H and O–H groups in total. The van der Waals surface area contributed by atoms with Crippen LogP contribution in [0.2, 0.25) is 0 Å². The molecule has 0 bridgehead atoms. The van der Waals surface area contributed by atoms with Crippen LogP contribution < -0.4 is 0 Å². The highest BCUT2D eigenvalue weighted by Gasteiger charge is 2.34. The molecule has 1 aliphatic heterocycles. The number of carbonyl (C=O) groups excluding carboxylic acids is 2. The van der Waals surface area contributed by atoms with E-state index in [0.29, 0.717) is 13.1 Å². The first kappa shape index (κ1) is 13.5. The Bertz CT molecular complexity index is 351. The zero-order valence-corrected chi connectivity index (χ0v) is 10.4. The molecule has 0 unspecified atom stereocenters. The van der Waals surface area contributed by atoms with Crippen molar-refractivity contribution in [2.24, 2.45) is 5.41 Å². The molecule has 17 heavy (non-hydrogen) atoms. The van der Waals surface area contributed by atoms with Gasteiger partial charge in [0.1, 0.15) is 0 Å². The fourth-order valence-corrected chi connectivity index (χ4v) is 1.54. The highest BCUT2D eigenvalue weighted by atomic mass is 16.4. The summed E-state index contributed by atoms with van der Waals surface area (Å²) in [7, 11) is 1.69. The van der Waals surface area contributed by atoms with Gasteiger partial charge >= 0.3 is 5.97 Å². The van der Waals surface area contributed by atoms with Crippen LogP contribution in [-0.4, -0.2) is 59.4 Å². The monoisotopic (exact) mass is 242 g/mol. The van der Waals surface area contributed by atoms with Crippen molar-refractivity contribution < 1.29 is 19.5 Å². The molecule has 0 saturated carbocycles. The Balaban J connectivity index is 2.60. The predicted molar refractivity (Wildman–Crippen MR) is 60.3 cm³/mol. The molecule has 1 fully saturated rings. The number of carbonyl (C=O) groups is 3. The lowest BCUT2D eigenvalue weighted by atomic mass is 9.89. The Morgan fingerprint density at radius 3 is 2.41 bits per heavy atom. The number of nitrogens with zero attached hydrogens (tertiary/aromatic N) is 2. The normalized spacial score (nSPS) is 17.2. The largest absolute Gasteiger partial charge is 0.481 e. The summed E-state index contributed by atoms with van der Waals surface area (Å²) in [4.78, 5) is 37.2. The number of likely N-dealkylation sites (N-methyl/N-ethyl adjacent to an activating group) is 1. The minimum absolute atomic E-state index is 0.0467. The fraction of sp³-hybridized carbons (Fsp3) is 0.727. The third-order valence-electron chi connectivity index (χ3n) is 2.98. The maximum atomic E-state index is 11.9. The second-order valence-corrected chi connectivity index (χ2v) is 5.00. The van der Waals surface area contributed by atoms with Crippen molar-refractivity contribution in [1.29, 1.82) is 0 Å². The summed E-state index contributed by atoms with van der Waals surface area (Å²) in [5.41, 5.74) is -1.09. The minimum atomic E-state index is -1.09. The van der Waals surface area contributed by atoms with Crippen molar-refractivity contribution in [3.05, 3.63) is 0 Å².